The van der Waals surface area contributed by atoms with E-state index in [0.717, 1.165) is 5.69 Å². The first-order valence-corrected chi connectivity index (χ1v) is 9.86. The number of halogens is 1. The maximum absolute atomic E-state index is 13.2. The lowest BCUT2D eigenvalue weighted by atomic mass is 10.0. The van der Waals surface area contributed by atoms with Crippen LogP contribution in [0.1, 0.15) is 16.1 Å². The SMILES string of the molecule is Cc1onc(-c2ccccc2O)c1C(=O)N1CCN(c2ccc(NO)cc2Cl)CC1. The Morgan fingerprint density at radius 2 is 1.90 bits per heavy atom. The zero-order chi connectivity index (χ0) is 21.3. The van der Waals surface area contributed by atoms with Gasteiger partial charge in [-0.1, -0.05) is 28.9 Å². The Morgan fingerprint density at radius 3 is 2.57 bits per heavy atom. The monoisotopic (exact) mass is 428 g/mol. The van der Waals surface area contributed by atoms with Crippen molar-refractivity contribution >= 4 is 28.9 Å². The summed E-state index contributed by atoms with van der Waals surface area (Å²) < 4.78 is 5.28. The van der Waals surface area contributed by atoms with E-state index in [1.165, 1.54) is 0 Å². The molecule has 0 atom stereocenters. The maximum Gasteiger partial charge on any atom is 0.259 e. The van der Waals surface area contributed by atoms with Gasteiger partial charge in [-0.3, -0.25) is 15.5 Å². The summed E-state index contributed by atoms with van der Waals surface area (Å²) in [6.07, 6.45) is 0. The molecule has 8 nitrogen and oxygen atoms in total. The van der Waals surface area contributed by atoms with Crippen LogP contribution in [0.15, 0.2) is 47.0 Å². The van der Waals surface area contributed by atoms with Crippen molar-refractivity contribution in [1.82, 2.24) is 10.1 Å². The molecule has 9 heteroatoms. The van der Waals surface area contributed by atoms with Gasteiger partial charge in [-0.25, -0.2) is 0 Å². The average molecular weight is 429 g/mol. The van der Waals surface area contributed by atoms with E-state index in [9.17, 15) is 9.90 Å². The molecule has 4 rings (SSSR count). The number of hydrogen-bond acceptors (Lipinski definition) is 7. The number of para-hydroxylation sites is 1. The first-order chi connectivity index (χ1) is 14.5. The topological polar surface area (TPSA) is 102 Å². The maximum atomic E-state index is 13.2. The number of benzene rings is 2. The molecule has 1 aromatic heterocycles. The highest BCUT2D eigenvalue weighted by molar-refractivity contribution is 6.33. The fraction of sp³-hybridized carbons (Fsp3) is 0.238. The Hall–Kier alpha value is -3.23. The third-order valence-electron chi connectivity index (χ3n) is 5.22. The van der Waals surface area contributed by atoms with Gasteiger partial charge >= 0.3 is 0 Å². The molecule has 3 N–H and O–H groups in total. The Bertz CT molecular complexity index is 1080. The number of phenols is 1. The molecule has 2 heterocycles. The number of hydrogen-bond donors (Lipinski definition) is 3. The zero-order valence-corrected chi connectivity index (χ0v) is 17.1. The van der Waals surface area contributed by atoms with Crippen LogP contribution in [0.4, 0.5) is 11.4 Å². The summed E-state index contributed by atoms with van der Waals surface area (Å²) in [5.74, 6) is 0.272. The van der Waals surface area contributed by atoms with E-state index in [4.69, 9.17) is 21.3 Å². The minimum Gasteiger partial charge on any atom is -0.507 e. The van der Waals surface area contributed by atoms with Gasteiger partial charge in [-0.2, -0.15) is 0 Å². The minimum absolute atomic E-state index is 0.0418. The molecule has 3 aromatic rings. The Balaban J connectivity index is 1.52. The minimum atomic E-state index is -0.183. The highest BCUT2D eigenvalue weighted by Gasteiger charge is 2.29. The summed E-state index contributed by atoms with van der Waals surface area (Å²) in [6.45, 7) is 3.90. The summed E-state index contributed by atoms with van der Waals surface area (Å²) in [5.41, 5.74) is 4.59. The van der Waals surface area contributed by atoms with E-state index in [2.05, 4.69) is 15.5 Å². The number of piperazine rings is 1. The molecule has 2 aromatic carbocycles. The molecule has 0 bridgehead atoms. The number of anilines is 2. The van der Waals surface area contributed by atoms with Gasteiger partial charge in [-0.05, 0) is 37.3 Å². The summed E-state index contributed by atoms with van der Waals surface area (Å²) in [4.78, 5) is 17.1. The number of rotatable bonds is 4. The number of aryl methyl sites for hydroxylation is 1. The normalized spacial score (nSPS) is 14.1. The lowest BCUT2D eigenvalue weighted by Gasteiger charge is -2.36. The number of phenolic OH excluding ortho intramolecular Hbond substituents is 1. The highest BCUT2D eigenvalue weighted by atomic mass is 35.5. The van der Waals surface area contributed by atoms with Gasteiger partial charge in [0.2, 0.25) is 0 Å². The van der Waals surface area contributed by atoms with Gasteiger partial charge in [0.15, 0.2) is 0 Å². The van der Waals surface area contributed by atoms with Crippen LogP contribution in [-0.4, -0.2) is 52.5 Å². The molecule has 0 unspecified atom stereocenters. The summed E-state index contributed by atoms with van der Waals surface area (Å²) in [5, 5.41) is 23.7. The number of aromatic nitrogens is 1. The molecule has 1 aliphatic rings. The first-order valence-electron chi connectivity index (χ1n) is 9.48. The number of nitrogens with one attached hydrogen (secondary N) is 1. The third-order valence-corrected chi connectivity index (χ3v) is 5.52. The van der Waals surface area contributed by atoms with Crippen LogP contribution in [0.25, 0.3) is 11.3 Å². The number of amides is 1. The molecule has 1 amide bonds. The fourth-order valence-corrected chi connectivity index (χ4v) is 3.92. The molecule has 0 radical (unpaired) electrons. The Kier molecular flexibility index (Phi) is 5.52. The van der Waals surface area contributed by atoms with Crippen LogP contribution in [0.3, 0.4) is 0 Å². The van der Waals surface area contributed by atoms with Gasteiger partial charge in [0.05, 0.1) is 16.4 Å². The molecule has 1 aliphatic heterocycles. The van der Waals surface area contributed by atoms with Gasteiger partial charge in [0.25, 0.3) is 5.91 Å². The lowest BCUT2D eigenvalue weighted by molar-refractivity contribution is 0.0745. The molecule has 0 saturated carbocycles. The van der Waals surface area contributed by atoms with E-state index in [1.54, 1.807) is 48.2 Å². The lowest BCUT2D eigenvalue weighted by Crippen LogP contribution is -2.49. The van der Waals surface area contributed by atoms with Crippen LogP contribution >= 0.6 is 11.6 Å². The van der Waals surface area contributed by atoms with Crippen molar-refractivity contribution < 1.29 is 19.6 Å². The van der Waals surface area contributed by atoms with Crippen molar-refractivity contribution in [1.29, 1.82) is 0 Å². The molecule has 1 saturated heterocycles. The number of aromatic hydroxyl groups is 1. The summed E-state index contributed by atoms with van der Waals surface area (Å²) in [6, 6.07) is 11.9. The van der Waals surface area contributed by atoms with E-state index < -0.39 is 0 Å². The molecule has 30 heavy (non-hydrogen) atoms. The predicted octanol–water partition coefficient (Wildman–Crippen LogP) is 3.77. The molecular weight excluding hydrogens is 408 g/mol. The molecule has 0 spiro atoms. The van der Waals surface area contributed by atoms with Crippen molar-refractivity contribution in [3.63, 3.8) is 0 Å². The van der Waals surface area contributed by atoms with E-state index in [-0.39, 0.29) is 11.7 Å². The van der Waals surface area contributed by atoms with E-state index in [0.29, 0.717) is 59.5 Å². The Labute approximate surface area is 178 Å². The van der Waals surface area contributed by atoms with Crippen molar-refractivity contribution in [2.75, 3.05) is 36.6 Å². The summed E-state index contributed by atoms with van der Waals surface area (Å²) in [7, 11) is 0. The second-order valence-corrected chi connectivity index (χ2v) is 7.44. The Morgan fingerprint density at radius 1 is 1.17 bits per heavy atom. The first kappa shape index (κ1) is 20.1. The third kappa shape index (κ3) is 3.67. The zero-order valence-electron chi connectivity index (χ0n) is 16.3. The van der Waals surface area contributed by atoms with E-state index in [1.807, 2.05) is 6.07 Å². The standard InChI is InChI=1S/C21H21ClN4O4/c1-13-19(20(24-30-13)15-4-2-3-5-18(15)27)21(28)26-10-8-25(9-11-26)17-7-6-14(23-29)12-16(17)22/h2-7,12,23,27,29H,8-11H2,1H3. The predicted molar refractivity (Wildman–Crippen MR) is 113 cm³/mol. The second kappa shape index (κ2) is 8.25. The molecule has 156 valence electrons. The van der Waals surface area contributed by atoms with Crippen LogP contribution in [0, 0.1) is 6.92 Å². The molecular formula is C21H21ClN4O4. The largest absolute Gasteiger partial charge is 0.507 e. The second-order valence-electron chi connectivity index (χ2n) is 7.04. The molecule has 0 aliphatic carbocycles. The van der Waals surface area contributed by atoms with Crippen LogP contribution < -0.4 is 10.4 Å². The van der Waals surface area contributed by atoms with Crippen molar-refractivity contribution in [2.45, 2.75) is 6.92 Å². The van der Waals surface area contributed by atoms with Crippen LogP contribution in [0.2, 0.25) is 5.02 Å². The van der Waals surface area contributed by atoms with Crippen molar-refractivity contribution in [2.24, 2.45) is 0 Å². The van der Waals surface area contributed by atoms with Gasteiger partial charge in [0, 0.05) is 31.7 Å². The van der Waals surface area contributed by atoms with Crippen molar-refractivity contribution in [3.8, 4) is 17.0 Å². The van der Waals surface area contributed by atoms with Gasteiger partial charge < -0.3 is 19.4 Å². The fourth-order valence-electron chi connectivity index (χ4n) is 3.62. The average Bonchev–Trinajstić information content (AvgIpc) is 3.14. The van der Waals surface area contributed by atoms with Crippen LogP contribution in [0.5, 0.6) is 5.75 Å². The van der Waals surface area contributed by atoms with Crippen molar-refractivity contribution in [3.05, 3.63) is 58.8 Å². The van der Waals surface area contributed by atoms with Gasteiger partial charge in [-0.15, -0.1) is 0 Å². The number of nitrogens with zero attached hydrogens (tertiary/aromatic N) is 3. The number of carbonyl (C=O) groups excluding carboxylic acids is 1. The molecule has 1 fully saturated rings. The van der Waals surface area contributed by atoms with Crippen LogP contribution in [-0.2, 0) is 0 Å². The number of carbonyl (C=O) groups is 1. The van der Waals surface area contributed by atoms with Gasteiger partial charge in [0.1, 0.15) is 22.8 Å². The highest BCUT2D eigenvalue weighted by Crippen LogP contribution is 2.33. The quantitative estimate of drug-likeness (QED) is 0.543. The smallest absolute Gasteiger partial charge is 0.259 e. The van der Waals surface area contributed by atoms with E-state index >= 15 is 0 Å². The summed E-state index contributed by atoms with van der Waals surface area (Å²) >= 11 is 6.33.